The zero-order valence-corrected chi connectivity index (χ0v) is 4.55. The molecule has 0 spiro atoms. The molecule has 2 heteroatoms. The van der Waals surface area contributed by atoms with Crippen molar-refractivity contribution in [3.63, 3.8) is 0 Å². The number of rotatable bonds is 0. The smallest absolute Gasteiger partial charge is 0.137 e. The Labute approximate surface area is 43.0 Å². The van der Waals surface area contributed by atoms with E-state index in [-0.39, 0.29) is 6.17 Å². The van der Waals surface area contributed by atoms with E-state index in [2.05, 4.69) is 9.98 Å². The Balaban J connectivity index is 2.69. The highest BCUT2D eigenvalue weighted by Gasteiger charge is 1.99. The van der Waals surface area contributed by atoms with Crippen LogP contribution in [0.5, 0.6) is 0 Å². The van der Waals surface area contributed by atoms with Crippen LogP contribution in [-0.2, 0) is 0 Å². The standard InChI is InChI=1S/C5H8N2/c1-4-3-6-5(2)7-4/h3,5H,1-2H3. The zero-order chi connectivity index (χ0) is 5.28. The Morgan fingerprint density at radius 3 is 2.57 bits per heavy atom. The Kier molecular flexibility index (Phi) is 0.929. The van der Waals surface area contributed by atoms with E-state index in [9.17, 15) is 0 Å². The van der Waals surface area contributed by atoms with Crippen LogP contribution >= 0.6 is 0 Å². The molecule has 0 aromatic carbocycles. The second kappa shape index (κ2) is 1.45. The van der Waals surface area contributed by atoms with Crippen LogP contribution in [0, 0.1) is 0 Å². The maximum Gasteiger partial charge on any atom is 0.137 e. The molecule has 0 aliphatic carbocycles. The molecule has 2 nitrogen and oxygen atoms in total. The minimum atomic E-state index is 0.181. The summed E-state index contributed by atoms with van der Waals surface area (Å²) in [6, 6.07) is 0. The second-order valence-corrected chi connectivity index (χ2v) is 1.68. The first-order chi connectivity index (χ1) is 3.29. The lowest BCUT2D eigenvalue weighted by Gasteiger charge is -1.85. The molecule has 1 heterocycles. The van der Waals surface area contributed by atoms with Crippen LogP contribution in [0.4, 0.5) is 0 Å². The summed E-state index contributed by atoms with van der Waals surface area (Å²) in [6.45, 7) is 3.92. The number of hydrogen-bond donors (Lipinski definition) is 0. The Bertz CT molecular complexity index is 124. The maximum absolute atomic E-state index is 4.08. The first-order valence-corrected chi connectivity index (χ1v) is 2.36. The molecule has 0 amide bonds. The van der Waals surface area contributed by atoms with Gasteiger partial charge in [-0.05, 0) is 13.8 Å². The van der Waals surface area contributed by atoms with Gasteiger partial charge in [0.2, 0.25) is 0 Å². The van der Waals surface area contributed by atoms with Crippen molar-refractivity contribution in [2.75, 3.05) is 0 Å². The van der Waals surface area contributed by atoms with Gasteiger partial charge in [-0.15, -0.1) is 0 Å². The highest BCUT2D eigenvalue weighted by molar-refractivity contribution is 6.30. The Morgan fingerprint density at radius 2 is 2.43 bits per heavy atom. The normalized spacial score (nSPS) is 28.3. The second-order valence-electron chi connectivity index (χ2n) is 1.68. The van der Waals surface area contributed by atoms with Crippen LogP contribution in [0.3, 0.4) is 0 Å². The van der Waals surface area contributed by atoms with Gasteiger partial charge in [0.25, 0.3) is 0 Å². The summed E-state index contributed by atoms with van der Waals surface area (Å²) >= 11 is 0. The Morgan fingerprint density at radius 1 is 1.71 bits per heavy atom. The van der Waals surface area contributed by atoms with Crippen molar-refractivity contribution in [3.8, 4) is 0 Å². The van der Waals surface area contributed by atoms with Gasteiger partial charge in [0.1, 0.15) is 6.17 Å². The molecule has 0 radical (unpaired) electrons. The fraction of sp³-hybridized carbons (Fsp3) is 0.600. The maximum atomic E-state index is 4.08. The van der Waals surface area contributed by atoms with E-state index in [1.54, 1.807) is 6.21 Å². The molecule has 38 valence electrons. The van der Waals surface area contributed by atoms with Crippen molar-refractivity contribution in [2.24, 2.45) is 9.98 Å². The highest BCUT2D eigenvalue weighted by Crippen LogP contribution is 1.96. The van der Waals surface area contributed by atoms with Crippen LogP contribution in [-0.4, -0.2) is 18.1 Å². The summed E-state index contributed by atoms with van der Waals surface area (Å²) in [4.78, 5) is 8.07. The molecule has 0 N–H and O–H groups in total. The molecule has 1 unspecified atom stereocenters. The Hall–Kier alpha value is -0.660. The lowest BCUT2D eigenvalue weighted by Crippen LogP contribution is -1.86. The third-order valence-corrected chi connectivity index (χ3v) is 0.868. The van der Waals surface area contributed by atoms with E-state index >= 15 is 0 Å². The lowest BCUT2D eigenvalue weighted by molar-refractivity contribution is 0.816. The minimum absolute atomic E-state index is 0.181. The van der Waals surface area contributed by atoms with Gasteiger partial charge in [-0.25, -0.2) is 0 Å². The molecule has 1 aliphatic rings. The van der Waals surface area contributed by atoms with E-state index < -0.39 is 0 Å². The van der Waals surface area contributed by atoms with Crippen molar-refractivity contribution in [1.82, 2.24) is 0 Å². The monoisotopic (exact) mass is 96.1 g/mol. The van der Waals surface area contributed by atoms with Crippen molar-refractivity contribution >= 4 is 11.9 Å². The molecule has 0 aromatic rings. The molecular weight excluding hydrogens is 88.1 g/mol. The predicted octanol–water partition coefficient (Wildman–Crippen LogP) is 0.878. The molecule has 0 saturated carbocycles. The molecule has 1 rings (SSSR count). The van der Waals surface area contributed by atoms with Crippen molar-refractivity contribution in [1.29, 1.82) is 0 Å². The van der Waals surface area contributed by atoms with E-state index in [0.29, 0.717) is 0 Å². The summed E-state index contributed by atoms with van der Waals surface area (Å²) in [6.07, 6.45) is 1.98. The quantitative estimate of drug-likeness (QED) is 0.427. The van der Waals surface area contributed by atoms with E-state index in [4.69, 9.17) is 0 Å². The van der Waals surface area contributed by atoms with Gasteiger partial charge in [-0.2, -0.15) is 0 Å². The molecular formula is C5H8N2. The van der Waals surface area contributed by atoms with Crippen LogP contribution in [0.2, 0.25) is 0 Å². The molecule has 1 aliphatic heterocycles. The number of aliphatic imine (C=N–C) groups is 2. The van der Waals surface area contributed by atoms with Gasteiger partial charge in [-0.3, -0.25) is 9.98 Å². The van der Waals surface area contributed by atoms with Gasteiger partial charge in [0, 0.05) is 6.21 Å². The van der Waals surface area contributed by atoms with Crippen LogP contribution < -0.4 is 0 Å². The van der Waals surface area contributed by atoms with Crippen molar-refractivity contribution in [2.45, 2.75) is 20.0 Å². The first kappa shape index (κ1) is 4.50. The van der Waals surface area contributed by atoms with E-state index in [1.165, 1.54) is 0 Å². The van der Waals surface area contributed by atoms with Gasteiger partial charge in [-0.1, -0.05) is 0 Å². The summed E-state index contributed by atoms with van der Waals surface area (Å²) in [5, 5.41) is 0. The molecule has 0 saturated heterocycles. The third kappa shape index (κ3) is 0.856. The van der Waals surface area contributed by atoms with Crippen LogP contribution in [0.15, 0.2) is 9.98 Å². The summed E-state index contributed by atoms with van der Waals surface area (Å²) in [5.41, 5.74) is 1.03. The van der Waals surface area contributed by atoms with Crippen LogP contribution in [0.1, 0.15) is 13.8 Å². The average Bonchev–Trinajstić information content (AvgIpc) is 1.87. The van der Waals surface area contributed by atoms with Gasteiger partial charge < -0.3 is 0 Å². The third-order valence-electron chi connectivity index (χ3n) is 0.868. The molecule has 0 fully saturated rings. The number of hydrogen-bond acceptors (Lipinski definition) is 2. The van der Waals surface area contributed by atoms with Crippen LogP contribution in [0.25, 0.3) is 0 Å². The summed E-state index contributed by atoms with van der Waals surface area (Å²) in [5.74, 6) is 0. The summed E-state index contributed by atoms with van der Waals surface area (Å²) in [7, 11) is 0. The summed E-state index contributed by atoms with van der Waals surface area (Å²) < 4.78 is 0. The minimum Gasteiger partial charge on any atom is -0.265 e. The van der Waals surface area contributed by atoms with Crippen molar-refractivity contribution < 1.29 is 0 Å². The molecule has 0 aromatic heterocycles. The van der Waals surface area contributed by atoms with E-state index in [0.717, 1.165) is 5.71 Å². The zero-order valence-electron chi connectivity index (χ0n) is 4.55. The largest absolute Gasteiger partial charge is 0.265 e. The lowest BCUT2D eigenvalue weighted by atomic mass is 10.5. The first-order valence-electron chi connectivity index (χ1n) is 2.36. The topological polar surface area (TPSA) is 24.7 Å². The SMILES string of the molecule is CC1=NC(C)N=C1. The fourth-order valence-electron chi connectivity index (χ4n) is 0.577. The highest BCUT2D eigenvalue weighted by atomic mass is 15.0. The molecule has 7 heavy (non-hydrogen) atoms. The molecule has 1 atom stereocenters. The molecule has 0 bridgehead atoms. The fourth-order valence-corrected chi connectivity index (χ4v) is 0.577. The number of nitrogens with zero attached hydrogens (tertiary/aromatic N) is 2. The van der Waals surface area contributed by atoms with Gasteiger partial charge in [0.15, 0.2) is 0 Å². The van der Waals surface area contributed by atoms with Gasteiger partial charge >= 0.3 is 0 Å². The predicted molar refractivity (Wildman–Crippen MR) is 31.1 cm³/mol. The van der Waals surface area contributed by atoms with Crippen molar-refractivity contribution in [3.05, 3.63) is 0 Å². The van der Waals surface area contributed by atoms with E-state index in [1.807, 2.05) is 13.8 Å². The van der Waals surface area contributed by atoms with Gasteiger partial charge in [0.05, 0.1) is 5.71 Å². The average molecular weight is 96.1 g/mol.